The highest BCUT2D eigenvalue weighted by Gasteiger charge is 2.12. The van der Waals surface area contributed by atoms with Gasteiger partial charge >= 0.3 is 0 Å². The number of ether oxygens (including phenoxy) is 1. The summed E-state index contributed by atoms with van der Waals surface area (Å²) in [5.74, 6) is 0. The molecule has 0 aliphatic carbocycles. The third kappa shape index (κ3) is 2.87. The molecule has 2 heterocycles. The topological polar surface area (TPSA) is 49.9 Å². The molecule has 1 atom stereocenters. The Kier molecular flexibility index (Phi) is 3.85. The first-order valence-electron chi connectivity index (χ1n) is 8.15. The molecule has 0 amide bonds. The van der Waals surface area contributed by atoms with Crippen LogP contribution in [0.5, 0.6) is 0 Å². The van der Waals surface area contributed by atoms with E-state index < -0.39 is 0 Å². The van der Waals surface area contributed by atoms with E-state index in [0.29, 0.717) is 6.04 Å². The second kappa shape index (κ2) is 6.14. The lowest BCUT2D eigenvalue weighted by molar-refractivity contribution is 0.134. The Bertz CT molecular complexity index is 824. The molecule has 1 aliphatic rings. The summed E-state index contributed by atoms with van der Waals surface area (Å²) >= 11 is 0. The first kappa shape index (κ1) is 14.4. The van der Waals surface area contributed by atoms with E-state index in [1.165, 1.54) is 27.6 Å². The van der Waals surface area contributed by atoms with Gasteiger partial charge in [-0.15, -0.1) is 0 Å². The van der Waals surface area contributed by atoms with Gasteiger partial charge in [0.15, 0.2) is 0 Å². The highest BCUT2D eigenvalue weighted by atomic mass is 16.5. The summed E-state index contributed by atoms with van der Waals surface area (Å²) in [7, 11) is 0. The minimum Gasteiger partial charge on any atom is -0.372 e. The fraction of sp³-hybridized carbons (Fsp3) is 0.316. The van der Waals surface area contributed by atoms with Gasteiger partial charge in [-0.25, -0.2) is 0 Å². The quantitative estimate of drug-likeness (QED) is 0.758. The SMILES string of the molecule is CC(NCCc1ccc2c(c1)COC2)c1cccc2[nH]ncc12. The van der Waals surface area contributed by atoms with Crippen LogP contribution in [0.2, 0.25) is 0 Å². The smallest absolute Gasteiger partial charge is 0.0725 e. The monoisotopic (exact) mass is 307 g/mol. The van der Waals surface area contributed by atoms with Gasteiger partial charge in [-0.05, 0) is 48.2 Å². The largest absolute Gasteiger partial charge is 0.372 e. The Hall–Kier alpha value is -2.17. The number of aromatic amines is 1. The number of aromatic nitrogens is 2. The molecule has 0 saturated carbocycles. The van der Waals surface area contributed by atoms with Crippen LogP contribution in [0.1, 0.15) is 35.2 Å². The normalized spacial score (nSPS) is 15.0. The second-order valence-corrected chi connectivity index (χ2v) is 6.20. The van der Waals surface area contributed by atoms with Crippen LogP contribution in [0.15, 0.2) is 42.6 Å². The molecule has 4 heteroatoms. The van der Waals surface area contributed by atoms with Gasteiger partial charge in [-0.2, -0.15) is 5.10 Å². The van der Waals surface area contributed by atoms with E-state index >= 15 is 0 Å². The van der Waals surface area contributed by atoms with E-state index in [1.807, 2.05) is 6.20 Å². The van der Waals surface area contributed by atoms with E-state index in [0.717, 1.165) is 31.7 Å². The van der Waals surface area contributed by atoms with Crippen molar-refractivity contribution in [1.29, 1.82) is 0 Å². The van der Waals surface area contributed by atoms with E-state index in [-0.39, 0.29) is 0 Å². The molecule has 23 heavy (non-hydrogen) atoms. The molecule has 2 N–H and O–H groups in total. The van der Waals surface area contributed by atoms with Crippen molar-refractivity contribution in [3.63, 3.8) is 0 Å². The number of H-pyrrole nitrogens is 1. The lowest BCUT2D eigenvalue weighted by atomic mass is 10.0. The van der Waals surface area contributed by atoms with Crippen LogP contribution in [0, 0.1) is 0 Å². The highest BCUT2D eigenvalue weighted by Crippen LogP contribution is 2.23. The van der Waals surface area contributed by atoms with Gasteiger partial charge in [-0.3, -0.25) is 5.10 Å². The van der Waals surface area contributed by atoms with Gasteiger partial charge in [0.05, 0.1) is 24.9 Å². The Balaban J connectivity index is 1.40. The number of benzene rings is 2. The molecule has 0 spiro atoms. The Morgan fingerprint density at radius 2 is 2.13 bits per heavy atom. The maximum atomic E-state index is 5.48. The minimum absolute atomic E-state index is 0.300. The van der Waals surface area contributed by atoms with E-state index in [4.69, 9.17) is 4.74 Å². The summed E-state index contributed by atoms with van der Waals surface area (Å²) in [4.78, 5) is 0. The van der Waals surface area contributed by atoms with Crippen LogP contribution in [-0.2, 0) is 24.4 Å². The van der Waals surface area contributed by atoms with Crippen molar-refractivity contribution in [2.24, 2.45) is 0 Å². The van der Waals surface area contributed by atoms with Crippen LogP contribution in [-0.4, -0.2) is 16.7 Å². The van der Waals surface area contributed by atoms with Crippen molar-refractivity contribution in [2.75, 3.05) is 6.54 Å². The zero-order chi connectivity index (χ0) is 15.6. The number of nitrogens with zero attached hydrogens (tertiary/aromatic N) is 1. The van der Waals surface area contributed by atoms with Gasteiger partial charge in [0.1, 0.15) is 0 Å². The molecule has 1 aliphatic heterocycles. The lowest BCUT2D eigenvalue weighted by Crippen LogP contribution is -2.21. The average Bonchev–Trinajstić information content (AvgIpc) is 3.22. The van der Waals surface area contributed by atoms with Crippen LogP contribution in [0.4, 0.5) is 0 Å². The molecule has 0 saturated heterocycles. The van der Waals surface area contributed by atoms with Crippen LogP contribution < -0.4 is 5.32 Å². The van der Waals surface area contributed by atoms with Crippen molar-refractivity contribution >= 4 is 10.9 Å². The summed E-state index contributed by atoms with van der Waals surface area (Å²) in [5, 5.41) is 12.0. The molecule has 0 radical (unpaired) electrons. The molecule has 2 aromatic carbocycles. The van der Waals surface area contributed by atoms with Crippen molar-refractivity contribution in [2.45, 2.75) is 32.6 Å². The zero-order valence-electron chi connectivity index (χ0n) is 13.3. The number of rotatable bonds is 5. The molecule has 0 fully saturated rings. The van der Waals surface area contributed by atoms with E-state index in [1.54, 1.807) is 0 Å². The first-order valence-corrected chi connectivity index (χ1v) is 8.15. The summed E-state index contributed by atoms with van der Waals surface area (Å²) in [5.41, 5.74) is 6.43. The number of hydrogen-bond donors (Lipinski definition) is 2. The van der Waals surface area contributed by atoms with Gasteiger partial charge in [0.2, 0.25) is 0 Å². The van der Waals surface area contributed by atoms with E-state index in [9.17, 15) is 0 Å². The van der Waals surface area contributed by atoms with Gasteiger partial charge < -0.3 is 10.1 Å². The zero-order valence-corrected chi connectivity index (χ0v) is 13.3. The molecule has 118 valence electrons. The summed E-state index contributed by atoms with van der Waals surface area (Å²) in [6.07, 6.45) is 2.93. The Labute approximate surface area is 135 Å². The molecular formula is C19H21N3O. The van der Waals surface area contributed by atoms with Gasteiger partial charge in [-0.1, -0.05) is 30.3 Å². The number of fused-ring (bicyclic) bond motifs is 2. The lowest BCUT2D eigenvalue weighted by Gasteiger charge is -2.15. The van der Waals surface area contributed by atoms with Gasteiger partial charge in [0, 0.05) is 11.4 Å². The molecule has 0 bridgehead atoms. The van der Waals surface area contributed by atoms with Crippen molar-refractivity contribution in [1.82, 2.24) is 15.5 Å². The molecule has 4 nitrogen and oxygen atoms in total. The summed E-state index contributed by atoms with van der Waals surface area (Å²) < 4.78 is 5.48. The van der Waals surface area contributed by atoms with Crippen molar-refractivity contribution < 1.29 is 4.74 Å². The predicted molar refractivity (Wildman–Crippen MR) is 91.2 cm³/mol. The maximum absolute atomic E-state index is 5.48. The van der Waals surface area contributed by atoms with E-state index in [2.05, 4.69) is 58.8 Å². The third-order valence-corrected chi connectivity index (χ3v) is 4.64. The molecule has 4 rings (SSSR count). The van der Waals surface area contributed by atoms with Gasteiger partial charge in [0.25, 0.3) is 0 Å². The Morgan fingerprint density at radius 1 is 1.22 bits per heavy atom. The predicted octanol–water partition coefficient (Wildman–Crippen LogP) is 3.49. The first-order chi connectivity index (χ1) is 11.3. The number of nitrogens with one attached hydrogen (secondary N) is 2. The summed E-state index contributed by atoms with van der Waals surface area (Å²) in [6.45, 7) is 4.68. The summed E-state index contributed by atoms with van der Waals surface area (Å²) in [6, 6.07) is 13.3. The van der Waals surface area contributed by atoms with Crippen molar-refractivity contribution in [3.05, 3.63) is 64.8 Å². The number of hydrogen-bond acceptors (Lipinski definition) is 3. The van der Waals surface area contributed by atoms with Crippen molar-refractivity contribution in [3.8, 4) is 0 Å². The second-order valence-electron chi connectivity index (χ2n) is 6.20. The Morgan fingerprint density at radius 3 is 3.09 bits per heavy atom. The molecule has 1 unspecified atom stereocenters. The van der Waals surface area contributed by atoms with Crippen LogP contribution in [0.3, 0.4) is 0 Å². The fourth-order valence-corrected chi connectivity index (χ4v) is 3.29. The standard InChI is InChI=1S/C19H21N3O/c1-13(17-3-2-4-19-18(17)10-21-22-19)20-8-7-14-5-6-15-11-23-12-16(15)9-14/h2-6,9-10,13,20H,7-8,11-12H2,1H3,(H,21,22). The minimum atomic E-state index is 0.300. The molecule has 1 aromatic heterocycles. The average molecular weight is 307 g/mol. The van der Waals surface area contributed by atoms with Crippen LogP contribution >= 0.6 is 0 Å². The van der Waals surface area contributed by atoms with Crippen LogP contribution in [0.25, 0.3) is 10.9 Å². The molecular weight excluding hydrogens is 286 g/mol. The maximum Gasteiger partial charge on any atom is 0.0725 e. The third-order valence-electron chi connectivity index (χ3n) is 4.64. The molecule has 3 aromatic rings. The highest BCUT2D eigenvalue weighted by molar-refractivity contribution is 5.81. The fourth-order valence-electron chi connectivity index (χ4n) is 3.29.